The third kappa shape index (κ3) is 5.70. The van der Waals surface area contributed by atoms with E-state index in [1.165, 1.54) is 17.0 Å². The first-order chi connectivity index (χ1) is 19.5. The molecule has 1 aromatic carbocycles. The summed E-state index contributed by atoms with van der Waals surface area (Å²) in [6.07, 6.45) is 4.61. The molecule has 2 aliphatic heterocycles. The Balaban J connectivity index is 1.39. The van der Waals surface area contributed by atoms with Crippen LogP contribution >= 0.6 is 0 Å². The van der Waals surface area contributed by atoms with Crippen LogP contribution in [-0.4, -0.2) is 90.6 Å². The first-order valence-corrected chi connectivity index (χ1v) is 15.9. The van der Waals surface area contributed by atoms with Gasteiger partial charge in [-0.3, -0.25) is 4.98 Å². The number of aromatic nitrogens is 3. The lowest BCUT2D eigenvalue weighted by molar-refractivity contribution is -0.127. The van der Waals surface area contributed by atoms with Crippen LogP contribution < -0.4 is 0 Å². The average molecular weight is 584 g/mol. The lowest BCUT2D eigenvalue weighted by Gasteiger charge is -2.55. The number of hydrogen-bond donors (Lipinski definition) is 1. The summed E-state index contributed by atoms with van der Waals surface area (Å²) < 4.78 is 37.1. The van der Waals surface area contributed by atoms with E-state index in [1.54, 1.807) is 12.4 Å². The van der Waals surface area contributed by atoms with Crippen molar-refractivity contribution >= 4 is 10.0 Å². The Bertz CT molecular complexity index is 1440. The Morgan fingerprint density at radius 2 is 1.83 bits per heavy atom. The van der Waals surface area contributed by atoms with Crippen molar-refractivity contribution in [3.63, 3.8) is 0 Å². The van der Waals surface area contributed by atoms with Gasteiger partial charge in [0.25, 0.3) is 0 Å². The molecule has 0 saturated carbocycles. The summed E-state index contributed by atoms with van der Waals surface area (Å²) in [4.78, 5) is 11.4. The lowest BCUT2D eigenvalue weighted by atomic mass is 9.62. The molecule has 2 saturated heterocycles. The molecule has 222 valence electrons. The summed E-state index contributed by atoms with van der Waals surface area (Å²) in [5.41, 5.74) is 1.70. The van der Waals surface area contributed by atoms with Crippen LogP contribution in [0.4, 0.5) is 0 Å². The number of sulfonamides is 1. The van der Waals surface area contributed by atoms with Crippen molar-refractivity contribution in [3.05, 3.63) is 65.3 Å². The molecule has 1 unspecified atom stereocenters. The minimum Gasteiger partial charge on any atom is -0.384 e. The molecule has 2 aromatic heterocycles. The highest BCUT2D eigenvalue weighted by Gasteiger charge is 2.55. The zero-order chi connectivity index (χ0) is 29.4. The van der Waals surface area contributed by atoms with Gasteiger partial charge in [-0.2, -0.15) is 4.98 Å². The summed E-state index contributed by atoms with van der Waals surface area (Å²) in [7, 11) is 0.208. The van der Waals surface area contributed by atoms with Gasteiger partial charge < -0.3 is 19.3 Å². The highest BCUT2D eigenvalue weighted by Crippen LogP contribution is 2.50. The Hall–Kier alpha value is -2.70. The third-order valence-electron chi connectivity index (χ3n) is 8.70. The van der Waals surface area contributed by atoms with Crippen LogP contribution in [0.3, 0.4) is 0 Å². The first-order valence-electron chi connectivity index (χ1n) is 14.2. The molecule has 41 heavy (non-hydrogen) atoms. The number of benzene rings is 1. The van der Waals surface area contributed by atoms with E-state index in [2.05, 4.69) is 60.0 Å². The van der Waals surface area contributed by atoms with Crippen molar-refractivity contribution in [3.8, 4) is 11.4 Å². The fourth-order valence-electron chi connectivity index (χ4n) is 6.32. The molecular formula is C30H41N5O5S. The van der Waals surface area contributed by atoms with E-state index in [9.17, 15) is 13.5 Å². The van der Waals surface area contributed by atoms with Gasteiger partial charge in [0, 0.05) is 68.1 Å². The molecule has 2 fully saturated rings. The van der Waals surface area contributed by atoms with Crippen molar-refractivity contribution in [2.75, 3.05) is 52.7 Å². The smallest absolute Gasteiger partial charge is 0.230 e. The van der Waals surface area contributed by atoms with Crippen molar-refractivity contribution in [1.29, 1.82) is 0 Å². The molecule has 10 nitrogen and oxygen atoms in total. The Morgan fingerprint density at radius 3 is 2.44 bits per heavy atom. The normalized spacial score (nSPS) is 20.2. The Kier molecular flexibility index (Phi) is 8.37. The molecule has 2 aliphatic rings. The molecule has 1 N–H and O–H groups in total. The summed E-state index contributed by atoms with van der Waals surface area (Å²) in [6, 6.07) is 10.1. The molecule has 5 rings (SSSR count). The van der Waals surface area contributed by atoms with Gasteiger partial charge >= 0.3 is 0 Å². The monoisotopic (exact) mass is 583 g/mol. The molecule has 4 heterocycles. The second kappa shape index (κ2) is 11.5. The number of aliphatic hydroxyl groups is 1. The summed E-state index contributed by atoms with van der Waals surface area (Å²) >= 11 is 0. The average Bonchev–Trinajstić information content (AvgIpc) is 3.46. The standard InChI is InChI=1S/C30H41N5O5S/c1-21(2)22-6-8-25(9-7-22)30(36,29(3)19-34(4)20-29)26-16-24(17-31-18-26)27-32-28(40-33-27)23-10-12-35(13-11-23)41(37,38)15-14-39-5/h6-9,16-18,21,23,36H,10-15,19-20H2,1-5H3. The van der Waals surface area contributed by atoms with Crippen molar-refractivity contribution in [2.45, 2.75) is 51.0 Å². The van der Waals surface area contributed by atoms with Crippen molar-refractivity contribution in [1.82, 2.24) is 24.3 Å². The van der Waals surface area contributed by atoms with E-state index >= 15 is 0 Å². The maximum atomic E-state index is 12.5. The second-order valence-electron chi connectivity index (χ2n) is 12.1. The van der Waals surface area contributed by atoms with Crippen LogP contribution in [0.2, 0.25) is 0 Å². The Morgan fingerprint density at radius 1 is 1.15 bits per heavy atom. The highest BCUT2D eigenvalue weighted by atomic mass is 32.2. The third-order valence-corrected chi connectivity index (χ3v) is 10.5. The predicted octanol–water partition coefficient (Wildman–Crippen LogP) is 3.60. The van der Waals surface area contributed by atoms with Crippen LogP contribution in [0.25, 0.3) is 11.4 Å². The van der Waals surface area contributed by atoms with Crippen LogP contribution in [0.1, 0.15) is 68.0 Å². The lowest BCUT2D eigenvalue weighted by Crippen LogP contribution is -2.63. The summed E-state index contributed by atoms with van der Waals surface area (Å²) in [6.45, 7) is 8.90. The van der Waals surface area contributed by atoms with Gasteiger partial charge in [0.05, 0.1) is 12.4 Å². The van der Waals surface area contributed by atoms with E-state index in [0.29, 0.717) is 54.7 Å². The van der Waals surface area contributed by atoms with Gasteiger partial charge in [0.2, 0.25) is 21.7 Å². The maximum Gasteiger partial charge on any atom is 0.230 e. The molecule has 0 aliphatic carbocycles. The van der Waals surface area contributed by atoms with Gasteiger partial charge in [-0.05, 0) is 43.0 Å². The van der Waals surface area contributed by atoms with Crippen LogP contribution in [0.5, 0.6) is 0 Å². The van der Waals surface area contributed by atoms with Gasteiger partial charge in [0.15, 0.2) is 0 Å². The molecule has 11 heteroatoms. The number of hydrogen-bond acceptors (Lipinski definition) is 9. The molecule has 3 aromatic rings. The van der Waals surface area contributed by atoms with E-state index in [0.717, 1.165) is 18.7 Å². The number of piperidine rings is 1. The Labute approximate surface area is 242 Å². The van der Waals surface area contributed by atoms with Crippen LogP contribution in [0.15, 0.2) is 47.2 Å². The minimum absolute atomic E-state index is 0.0221. The summed E-state index contributed by atoms with van der Waals surface area (Å²) in [5.74, 6) is 1.24. The molecule has 0 amide bonds. The zero-order valence-electron chi connectivity index (χ0n) is 24.6. The molecular weight excluding hydrogens is 542 g/mol. The van der Waals surface area contributed by atoms with E-state index < -0.39 is 21.0 Å². The minimum atomic E-state index is -3.34. The number of nitrogens with zero attached hydrogens (tertiary/aromatic N) is 5. The second-order valence-corrected chi connectivity index (χ2v) is 14.2. The number of likely N-dealkylation sites (tertiary alicyclic amines) is 1. The first kappa shape index (κ1) is 29.8. The number of pyridine rings is 1. The highest BCUT2D eigenvalue weighted by molar-refractivity contribution is 7.89. The zero-order valence-corrected chi connectivity index (χ0v) is 25.4. The van der Waals surface area contributed by atoms with Crippen molar-refractivity contribution in [2.24, 2.45) is 5.41 Å². The van der Waals surface area contributed by atoms with Gasteiger partial charge in [-0.25, -0.2) is 12.7 Å². The quantitative estimate of drug-likeness (QED) is 0.382. The fourth-order valence-corrected chi connectivity index (χ4v) is 7.73. The van der Waals surface area contributed by atoms with E-state index in [1.807, 2.05) is 18.2 Å². The largest absolute Gasteiger partial charge is 0.384 e. The van der Waals surface area contributed by atoms with Gasteiger partial charge in [-0.15, -0.1) is 0 Å². The van der Waals surface area contributed by atoms with Gasteiger partial charge in [-0.1, -0.05) is 50.2 Å². The molecule has 0 spiro atoms. The number of methoxy groups -OCH3 is 1. The number of ether oxygens (including phenoxy) is 1. The van der Waals surface area contributed by atoms with Gasteiger partial charge in [0.1, 0.15) is 5.60 Å². The SMILES string of the molecule is COCCS(=O)(=O)N1CCC(c2nc(-c3cncc(C(O)(c4ccc(C(C)C)cc4)C4(C)CN(C)C4)c3)no2)CC1. The predicted molar refractivity (Wildman–Crippen MR) is 156 cm³/mol. The van der Waals surface area contributed by atoms with Crippen molar-refractivity contribution < 1.29 is 22.8 Å². The van der Waals surface area contributed by atoms with Crippen LogP contribution in [-0.2, 0) is 20.4 Å². The number of rotatable bonds is 10. The molecule has 0 radical (unpaired) electrons. The summed E-state index contributed by atoms with van der Waals surface area (Å²) in [5, 5.41) is 16.8. The maximum absolute atomic E-state index is 12.5. The molecule has 1 atom stereocenters. The fraction of sp³-hybridized carbons (Fsp3) is 0.567. The van der Waals surface area contributed by atoms with E-state index in [4.69, 9.17) is 9.26 Å². The van der Waals surface area contributed by atoms with Crippen LogP contribution in [0, 0.1) is 5.41 Å². The van der Waals surface area contributed by atoms with E-state index in [-0.39, 0.29) is 18.3 Å². The molecule has 0 bridgehead atoms. The topological polar surface area (TPSA) is 122 Å².